The number of amides is 1. The Morgan fingerprint density at radius 3 is 2.61 bits per heavy atom. The third-order valence-corrected chi connectivity index (χ3v) is 4.04. The van der Waals surface area contributed by atoms with Crippen molar-refractivity contribution in [3.63, 3.8) is 0 Å². The summed E-state index contributed by atoms with van der Waals surface area (Å²) >= 11 is 0. The minimum absolute atomic E-state index is 0.334. The van der Waals surface area contributed by atoms with Crippen LogP contribution in [0.25, 0.3) is 22.3 Å². The van der Waals surface area contributed by atoms with Crippen LogP contribution in [0.4, 0.5) is 0 Å². The lowest BCUT2D eigenvalue weighted by Crippen LogP contribution is -2.46. The van der Waals surface area contributed by atoms with Gasteiger partial charge in [0.1, 0.15) is 5.54 Å². The van der Waals surface area contributed by atoms with Crippen molar-refractivity contribution in [3.8, 4) is 11.1 Å². The van der Waals surface area contributed by atoms with E-state index in [2.05, 4.69) is 9.97 Å². The van der Waals surface area contributed by atoms with Crippen LogP contribution in [-0.4, -0.2) is 25.0 Å². The van der Waals surface area contributed by atoms with Gasteiger partial charge in [0.15, 0.2) is 5.65 Å². The molecular weight excluding hydrogens is 294 g/mol. The molecule has 0 aliphatic carbocycles. The predicted octanol–water partition coefficient (Wildman–Crippen LogP) is 1.02. The molecule has 3 heterocycles. The summed E-state index contributed by atoms with van der Waals surface area (Å²) in [6.45, 7) is 3.24. The van der Waals surface area contributed by atoms with E-state index in [0.29, 0.717) is 11.2 Å². The van der Waals surface area contributed by atoms with Crippen molar-refractivity contribution < 1.29 is 4.79 Å². The first-order valence-corrected chi connectivity index (χ1v) is 7.12. The van der Waals surface area contributed by atoms with Gasteiger partial charge in [0.2, 0.25) is 5.91 Å². The Morgan fingerprint density at radius 2 is 2.00 bits per heavy atom. The first kappa shape index (κ1) is 15.0. The van der Waals surface area contributed by atoms with Gasteiger partial charge in [-0.15, -0.1) is 0 Å². The molecule has 0 saturated carbocycles. The number of pyridine rings is 2. The third-order valence-electron chi connectivity index (χ3n) is 4.04. The zero-order valence-corrected chi connectivity index (χ0v) is 13.1. The summed E-state index contributed by atoms with van der Waals surface area (Å²) in [4.78, 5) is 32.8. The van der Waals surface area contributed by atoms with E-state index < -0.39 is 11.4 Å². The van der Waals surface area contributed by atoms with Gasteiger partial charge in [-0.3, -0.25) is 18.9 Å². The Hall–Kier alpha value is -2.96. The van der Waals surface area contributed by atoms with Gasteiger partial charge in [-0.05, 0) is 26.0 Å². The van der Waals surface area contributed by atoms with Crippen LogP contribution in [0.15, 0.2) is 41.6 Å². The highest BCUT2D eigenvalue weighted by Gasteiger charge is 2.32. The number of nitrogens with zero attached hydrogens (tertiary/aromatic N) is 4. The summed E-state index contributed by atoms with van der Waals surface area (Å²) in [6.07, 6.45) is 5.08. The molecule has 23 heavy (non-hydrogen) atoms. The van der Waals surface area contributed by atoms with Crippen molar-refractivity contribution in [2.75, 3.05) is 0 Å². The molecule has 0 aromatic carbocycles. The largest absolute Gasteiger partial charge is 0.368 e. The second-order valence-electron chi connectivity index (χ2n) is 5.91. The Morgan fingerprint density at radius 1 is 1.26 bits per heavy atom. The lowest BCUT2D eigenvalue weighted by atomic mass is 10.0. The quantitative estimate of drug-likeness (QED) is 0.781. The molecule has 0 saturated heterocycles. The normalized spacial score (nSPS) is 11.8. The average Bonchev–Trinajstić information content (AvgIpc) is 2.79. The number of rotatable bonds is 3. The highest BCUT2D eigenvalue weighted by molar-refractivity contribution is 5.86. The first-order chi connectivity index (χ1) is 10.8. The Balaban J connectivity index is 2.35. The van der Waals surface area contributed by atoms with Gasteiger partial charge in [0.05, 0.1) is 5.52 Å². The molecule has 118 valence electrons. The molecule has 0 spiro atoms. The smallest absolute Gasteiger partial charge is 0.331 e. The lowest BCUT2D eigenvalue weighted by molar-refractivity contribution is -0.125. The van der Waals surface area contributed by atoms with Crippen LogP contribution in [0.5, 0.6) is 0 Å². The molecular formula is C16H17N5O2. The number of fused-ring (bicyclic) bond motifs is 1. The molecule has 7 nitrogen and oxygen atoms in total. The maximum atomic E-state index is 12.6. The molecule has 1 amide bonds. The van der Waals surface area contributed by atoms with E-state index in [4.69, 9.17) is 5.73 Å². The number of aromatic nitrogens is 4. The summed E-state index contributed by atoms with van der Waals surface area (Å²) in [7, 11) is 1.62. The summed E-state index contributed by atoms with van der Waals surface area (Å²) in [5.74, 6) is -0.584. The third kappa shape index (κ3) is 2.21. The van der Waals surface area contributed by atoms with Crippen LogP contribution in [0.1, 0.15) is 13.8 Å². The predicted molar refractivity (Wildman–Crippen MR) is 86.7 cm³/mol. The first-order valence-electron chi connectivity index (χ1n) is 7.12. The number of nitrogens with two attached hydrogens (primary N) is 1. The minimum Gasteiger partial charge on any atom is -0.368 e. The van der Waals surface area contributed by atoms with Gasteiger partial charge in [0, 0.05) is 36.8 Å². The summed E-state index contributed by atoms with van der Waals surface area (Å²) in [5.41, 5.74) is 6.73. The Bertz CT molecular complexity index is 954. The van der Waals surface area contributed by atoms with Gasteiger partial charge in [0.25, 0.3) is 0 Å². The second kappa shape index (κ2) is 5.05. The van der Waals surface area contributed by atoms with E-state index >= 15 is 0 Å². The summed E-state index contributed by atoms with van der Waals surface area (Å²) in [5, 5.41) is 0. The minimum atomic E-state index is -1.16. The monoisotopic (exact) mass is 311 g/mol. The van der Waals surface area contributed by atoms with E-state index in [-0.39, 0.29) is 5.69 Å². The maximum Gasteiger partial charge on any atom is 0.331 e. The van der Waals surface area contributed by atoms with E-state index in [9.17, 15) is 9.59 Å². The van der Waals surface area contributed by atoms with Crippen LogP contribution in [0.2, 0.25) is 0 Å². The molecule has 7 heteroatoms. The molecule has 0 atom stereocenters. The highest BCUT2D eigenvalue weighted by Crippen LogP contribution is 2.25. The van der Waals surface area contributed by atoms with Gasteiger partial charge < -0.3 is 5.73 Å². The van der Waals surface area contributed by atoms with Crippen molar-refractivity contribution in [2.24, 2.45) is 12.8 Å². The SMILES string of the molecule is Cn1c(=O)n(C(C)(C)C(N)=O)c2cc(-c3cccnc3)cnc21. The molecule has 0 aliphatic heterocycles. The molecule has 0 fully saturated rings. The Labute approximate surface area is 132 Å². The van der Waals surface area contributed by atoms with Crippen LogP contribution in [0, 0.1) is 0 Å². The van der Waals surface area contributed by atoms with E-state index in [1.807, 2.05) is 18.2 Å². The maximum absolute atomic E-state index is 12.6. The van der Waals surface area contributed by atoms with E-state index in [0.717, 1.165) is 11.1 Å². The number of carbonyl (C=O) groups excluding carboxylic acids is 1. The molecule has 3 rings (SSSR count). The van der Waals surface area contributed by atoms with Crippen molar-refractivity contribution in [1.82, 2.24) is 19.1 Å². The molecule has 3 aromatic heterocycles. The lowest BCUT2D eigenvalue weighted by Gasteiger charge is -2.22. The van der Waals surface area contributed by atoms with Crippen molar-refractivity contribution >= 4 is 17.1 Å². The van der Waals surface area contributed by atoms with Gasteiger partial charge in [-0.2, -0.15) is 0 Å². The molecule has 0 aliphatic rings. The average molecular weight is 311 g/mol. The topological polar surface area (TPSA) is 95.8 Å². The molecule has 0 unspecified atom stereocenters. The fraction of sp³-hybridized carbons (Fsp3) is 0.250. The van der Waals surface area contributed by atoms with Crippen molar-refractivity contribution in [1.29, 1.82) is 0 Å². The fourth-order valence-corrected chi connectivity index (χ4v) is 2.55. The van der Waals surface area contributed by atoms with Crippen molar-refractivity contribution in [3.05, 3.63) is 47.3 Å². The number of hydrogen-bond acceptors (Lipinski definition) is 4. The summed E-state index contributed by atoms with van der Waals surface area (Å²) < 4.78 is 2.80. The van der Waals surface area contributed by atoms with E-state index in [1.54, 1.807) is 39.5 Å². The number of hydrogen-bond donors (Lipinski definition) is 1. The molecule has 2 N–H and O–H groups in total. The van der Waals surface area contributed by atoms with Crippen LogP contribution < -0.4 is 11.4 Å². The van der Waals surface area contributed by atoms with E-state index in [1.165, 1.54) is 9.13 Å². The fourth-order valence-electron chi connectivity index (χ4n) is 2.55. The zero-order chi connectivity index (χ0) is 16.8. The molecule has 0 bridgehead atoms. The Kier molecular flexibility index (Phi) is 3.28. The second-order valence-corrected chi connectivity index (χ2v) is 5.91. The van der Waals surface area contributed by atoms with Gasteiger partial charge >= 0.3 is 5.69 Å². The number of imidazole rings is 1. The van der Waals surface area contributed by atoms with Crippen LogP contribution in [-0.2, 0) is 17.4 Å². The standard InChI is InChI=1S/C16H17N5O2/c1-16(2,14(17)22)21-12-7-11(10-5-4-6-18-8-10)9-19-13(12)20(3)15(21)23/h4-9H,1-3H3,(H2,17,22). The number of aryl methyl sites for hydroxylation is 1. The summed E-state index contributed by atoms with van der Waals surface area (Å²) in [6, 6.07) is 5.55. The van der Waals surface area contributed by atoms with Crippen LogP contribution >= 0.6 is 0 Å². The van der Waals surface area contributed by atoms with Gasteiger partial charge in [-0.1, -0.05) is 6.07 Å². The highest BCUT2D eigenvalue weighted by atomic mass is 16.2. The zero-order valence-electron chi connectivity index (χ0n) is 13.1. The van der Waals surface area contributed by atoms with Gasteiger partial charge in [-0.25, -0.2) is 9.78 Å². The molecule has 0 radical (unpaired) electrons. The van der Waals surface area contributed by atoms with Crippen molar-refractivity contribution in [2.45, 2.75) is 19.4 Å². The molecule has 3 aromatic rings. The number of primary amides is 1. The number of carbonyl (C=O) groups is 1. The van der Waals surface area contributed by atoms with Crippen LogP contribution in [0.3, 0.4) is 0 Å².